The van der Waals surface area contributed by atoms with Crippen molar-refractivity contribution >= 4 is 5.97 Å². The molecule has 0 heterocycles. The highest BCUT2D eigenvalue weighted by Crippen LogP contribution is 2.16. The highest BCUT2D eigenvalue weighted by molar-refractivity contribution is 5.78. The molecule has 0 amide bonds. The fourth-order valence-electron chi connectivity index (χ4n) is 1.07. The SMILES string of the molecule is CC(C)C(C)(NCCN(C)C)C(=O)O. The molecule has 84 valence electrons. The van der Waals surface area contributed by atoms with Crippen molar-refractivity contribution in [1.82, 2.24) is 10.2 Å². The summed E-state index contributed by atoms with van der Waals surface area (Å²) in [5, 5.41) is 12.2. The van der Waals surface area contributed by atoms with E-state index in [0.717, 1.165) is 6.54 Å². The highest BCUT2D eigenvalue weighted by atomic mass is 16.4. The first kappa shape index (κ1) is 13.4. The number of carboxylic acids is 1. The van der Waals surface area contributed by atoms with Crippen molar-refractivity contribution in [3.05, 3.63) is 0 Å². The molecule has 4 heteroatoms. The van der Waals surface area contributed by atoms with E-state index in [4.69, 9.17) is 5.11 Å². The van der Waals surface area contributed by atoms with E-state index in [2.05, 4.69) is 5.32 Å². The summed E-state index contributed by atoms with van der Waals surface area (Å²) in [6.07, 6.45) is 0. The molecular weight excluding hydrogens is 180 g/mol. The van der Waals surface area contributed by atoms with E-state index in [-0.39, 0.29) is 5.92 Å². The number of carbonyl (C=O) groups is 1. The summed E-state index contributed by atoms with van der Waals surface area (Å²) in [4.78, 5) is 13.1. The Bertz CT molecular complexity index is 193. The Morgan fingerprint density at radius 1 is 1.50 bits per heavy atom. The monoisotopic (exact) mass is 202 g/mol. The maximum absolute atomic E-state index is 11.1. The van der Waals surface area contributed by atoms with Gasteiger partial charge in [0, 0.05) is 13.1 Å². The van der Waals surface area contributed by atoms with Crippen LogP contribution >= 0.6 is 0 Å². The van der Waals surface area contributed by atoms with Crippen molar-refractivity contribution < 1.29 is 9.90 Å². The smallest absolute Gasteiger partial charge is 0.323 e. The molecule has 0 aromatic heterocycles. The minimum Gasteiger partial charge on any atom is -0.480 e. The van der Waals surface area contributed by atoms with Gasteiger partial charge in [0.15, 0.2) is 0 Å². The quantitative estimate of drug-likeness (QED) is 0.663. The molecule has 1 unspecified atom stereocenters. The molecule has 0 spiro atoms. The van der Waals surface area contributed by atoms with Crippen LogP contribution in [0.1, 0.15) is 20.8 Å². The van der Waals surface area contributed by atoms with Gasteiger partial charge in [0.05, 0.1) is 0 Å². The molecule has 0 rings (SSSR count). The third-order valence-electron chi connectivity index (χ3n) is 2.65. The lowest BCUT2D eigenvalue weighted by Crippen LogP contribution is -2.54. The first-order valence-electron chi connectivity index (χ1n) is 4.94. The summed E-state index contributed by atoms with van der Waals surface area (Å²) in [7, 11) is 3.93. The fraction of sp³-hybridized carbons (Fsp3) is 0.900. The number of hydrogen-bond donors (Lipinski definition) is 2. The van der Waals surface area contributed by atoms with Crippen molar-refractivity contribution in [3.8, 4) is 0 Å². The zero-order valence-electron chi connectivity index (χ0n) is 9.79. The van der Waals surface area contributed by atoms with E-state index in [1.54, 1.807) is 6.92 Å². The van der Waals surface area contributed by atoms with E-state index < -0.39 is 11.5 Å². The molecule has 14 heavy (non-hydrogen) atoms. The Morgan fingerprint density at radius 3 is 2.29 bits per heavy atom. The van der Waals surface area contributed by atoms with Gasteiger partial charge in [-0.2, -0.15) is 0 Å². The predicted octanol–water partition coefficient (Wildman–Crippen LogP) is 0.637. The molecule has 0 fully saturated rings. The number of rotatable bonds is 6. The van der Waals surface area contributed by atoms with Gasteiger partial charge in [0.25, 0.3) is 0 Å². The molecule has 0 radical (unpaired) electrons. The summed E-state index contributed by atoms with van der Waals surface area (Å²) in [5.41, 5.74) is -0.823. The van der Waals surface area contributed by atoms with Gasteiger partial charge in [-0.05, 0) is 26.9 Å². The summed E-state index contributed by atoms with van der Waals surface area (Å²) in [5.74, 6) is -0.714. The molecule has 0 aromatic carbocycles. The number of likely N-dealkylation sites (N-methyl/N-ethyl adjacent to an activating group) is 1. The first-order valence-corrected chi connectivity index (χ1v) is 4.94. The lowest BCUT2D eigenvalue weighted by Gasteiger charge is -2.30. The third-order valence-corrected chi connectivity index (χ3v) is 2.65. The lowest BCUT2D eigenvalue weighted by atomic mass is 9.88. The molecule has 0 aromatic rings. The zero-order valence-corrected chi connectivity index (χ0v) is 9.79. The molecular formula is C10H22N2O2. The minimum absolute atomic E-state index is 0.0714. The van der Waals surface area contributed by atoms with E-state index >= 15 is 0 Å². The molecule has 4 nitrogen and oxygen atoms in total. The van der Waals surface area contributed by atoms with Crippen molar-refractivity contribution in [2.24, 2.45) is 5.92 Å². The number of nitrogens with zero attached hydrogens (tertiary/aromatic N) is 1. The lowest BCUT2D eigenvalue weighted by molar-refractivity contribution is -0.146. The van der Waals surface area contributed by atoms with Crippen LogP contribution in [0.4, 0.5) is 0 Å². The van der Waals surface area contributed by atoms with Gasteiger partial charge in [0.1, 0.15) is 5.54 Å². The molecule has 1 atom stereocenters. The van der Waals surface area contributed by atoms with Gasteiger partial charge in [-0.25, -0.2) is 0 Å². The zero-order chi connectivity index (χ0) is 11.4. The van der Waals surface area contributed by atoms with Crippen LogP contribution in [-0.4, -0.2) is 48.7 Å². The van der Waals surface area contributed by atoms with Crippen molar-refractivity contribution in [2.75, 3.05) is 27.2 Å². The Labute approximate surface area is 86.3 Å². The second-order valence-electron chi connectivity index (χ2n) is 4.39. The van der Waals surface area contributed by atoms with Gasteiger partial charge in [-0.1, -0.05) is 13.8 Å². The first-order chi connectivity index (χ1) is 6.30. The predicted molar refractivity (Wildman–Crippen MR) is 57.4 cm³/mol. The number of nitrogens with one attached hydrogen (secondary N) is 1. The fourth-order valence-corrected chi connectivity index (χ4v) is 1.07. The topological polar surface area (TPSA) is 52.6 Å². The van der Waals surface area contributed by atoms with Crippen LogP contribution in [0.15, 0.2) is 0 Å². The normalized spacial score (nSPS) is 15.9. The maximum atomic E-state index is 11.1. The van der Waals surface area contributed by atoms with Crippen LogP contribution < -0.4 is 5.32 Å². The Hall–Kier alpha value is -0.610. The molecule has 0 bridgehead atoms. The standard InChI is InChI=1S/C10H22N2O2/c1-8(2)10(3,9(13)14)11-6-7-12(4)5/h8,11H,6-7H2,1-5H3,(H,13,14). The van der Waals surface area contributed by atoms with Crippen LogP contribution in [0.2, 0.25) is 0 Å². The van der Waals surface area contributed by atoms with Gasteiger partial charge in [-0.15, -0.1) is 0 Å². The summed E-state index contributed by atoms with van der Waals surface area (Å²) in [6, 6.07) is 0. The average molecular weight is 202 g/mol. The summed E-state index contributed by atoms with van der Waals surface area (Å²) < 4.78 is 0. The van der Waals surface area contributed by atoms with Crippen LogP contribution in [0.5, 0.6) is 0 Å². The molecule has 0 aliphatic heterocycles. The Kier molecular flexibility index (Phi) is 5.08. The van der Waals surface area contributed by atoms with Crippen LogP contribution in [0.3, 0.4) is 0 Å². The maximum Gasteiger partial charge on any atom is 0.323 e. The number of carboxylic acid groups (broad SMARTS) is 1. The summed E-state index contributed by atoms with van der Waals surface area (Å²) >= 11 is 0. The van der Waals surface area contributed by atoms with Crippen LogP contribution in [0.25, 0.3) is 0 Å². The number of aliphatic carboxylic acids is 1. The summed E-state index contributed by atoms with van der Waals surface area (Å²) in [6.45, 7) is 7.09. The van der Waals surface area contributed by atoms with Crippen LogP contribution in [-0.2, 0) is 4.79 Å². The van der Waals surface area contributed by atoms with Gasteiger partial charge in [0.2, 0.25) is 0 Å². The van der Waals surface area contributed by atoms with Gasteiger partial charge in [-0.3, -0.25) is 4.79 Å². The van der Waals surface area contributed by atoms with Gasteiger partial charge < -0.3 is 15.3 Å². The molecule has 2 N–H and O–H groups in total. The van der Waals surface area contributed by atoms with Crippen LogP contribution in [0, 0.1) is 5.92 Å². The van der Waals surface area contributed by atoms with E-state index in [9.17, 15) is 4.79 Å². The van der Waals surface area contributed by atoms with E-state index in [1.165, 1.54) is 0 Å². The molecule has 0 saturated carbocycles. The Morgan fingerprint density at radius 2 is 2.00 bits per heavy atom. The molecule has 0 aliphatic carbocycles. The van der Waals surface area contributed by atoms with E-state index in [0.29, 0.717) is 6.54 Å². The van der Waals surface area contributed by atoms with Crippen molar-refractivity contribution in [3.63, 3.8) is 0 Å². The van der Waals surface area contributed by atoms with E-state index in [1.807, 2.05) is 32.8 Å². The molecule has 0 saturated heterocycles. The second-order valence-corrected chi connectivity index (χ2v) is 4.39. The van der Waals surface area contributed by atoms with Gasteiger partial charge >= 0.3 is 5.97 Å². The third kappa shape index (κ3) is 3.64. The highest BCUT2D eigenvalue weighted by Gasteiger charge is 2.35. The van der Waals surface area contributed by atoms with Crippen molar-refractivity contribution in [1.29, 1.82) is 0 Å². The average Bonchev–Trinajstić information content (AvgIpc) is 2.02. The largest absolute Gasteiger partial charge is 0.480 e. The molecule has 0 aliphatic rings. The second kappa shape index (κ2) is 5.32. The minimum atomic E-state index is -0.823. The Balaban J connectivity index is 4.18. The van der Waals surface area contributed by atoms with Crippen molar-refractivity contribution in [2.45, 2.75) is 26.3 Å². The number of hydrogen-bond acceptors (Lipinski definition) is 3.